The van der Waals surface area contributed by atoms with Gasteiger partial charge in [0.05, 0.1) is 0 Å². The number of carbonyl (C=O) groups excluding carboxylic acids is 1. The third-order valence-corrected chi connectivity index (χ3v) is 2.56. The van der Waals surface area contributed by atoms with Gasteiger partial charge in [0.2, 0.25) is 11.7 Å². The highest BCUT2D eigenvalue weighted by atomic mass is 16.4. The van der Waals surface area contributed by atoms with Crippen LogP contribution in [0.25, 0.3) is 0 Å². The Hall–Kier alpha value is -1.98. The molecule has 1 aliphatic rings. The number of carboxylic acid groups (broad SMARTS) is 1. The van der Waals surface area contributed by atoms with Crippen LogP contribution < -0.4 is 5.32 Å². The molecule has 1 saturated heterocycles. The first-order chi connectivity index (χ1) is 7.58. The summed E-state index contributed by atoms with van der Waals surface area (Å²) >= 11 is 0. The number of furan rings is 1. The summed E-state index contributed by atoms with van der Waals surface area (Å²) in [5.74, 6) is -0.955. The second kappa shape index (κ2) is 3.88. The molecule has 16 heavy (non-hydrogen) atoms. The fraction of sp³-hybridized carbons (Fsp3) is 0.400. The molecule has 0 bridgehead atoms. The van der Waals surface area contributed by atoms with Gasteiger partial charge in [-0.1, -0.05) is 0 Å². The van der Waals surface area contributed by atoms with Crippen LogP contribution in [0.2, 0.25) is 0 Å². The van der Waals surface area contributed by atoms with Crippen LogP contribution in [0.3, 0.4) is 0 Å². The number of aromatic carboxylic acids is 1. The summed E-state index contributed by atoms with van der Waals surface area (Å²) in [5.41, 5.74) is 0. The number of carbonyl (C=O) groups is 2. The van der Waals surface area contributed by atoms with Crippen LogP contribution in [0.4, 0.5) is 5.88 Å². The fourth-order valence-electron chi connectivity index (χ4n) is 1.66. The number of nitrogens with one attached hydrogen (secondary N) is 1. The molecule has 1 atom stereocenters. The van der Waals surface area contributed by atoms with Crippen LogP contribution >= 0.6 is 0 Å². The fourth-order valence-corrected chi connectivity index (χ4v) is 1.66. The van der Waals surface area contributed by atoms with Gasteiger partial charge < -0.3 is 19.7 Å². The molecule has 1 amide bonds. The van der Waals surface area contributed by atoms with Gasteiger partial charge in [-0.05, 0) is 12.5 Å². The zero-order chi connectivity index (χ0) is 11.7. The summed E-state index contributed by atoms with van der Waals surface area (Å²) in [6, 6.07) is 2.54. The smallest absolute Gasteiger partial charge is 0.371 e. The Balaban J connectivity index is 2.04. The number of likely N-dealkylation sites (tertiary alicyclic amines) is 1. The minimum atomic E-state index is -1.12. The first kappa shape index (κ1) is 10.5. The molecular formula is C10H12N2O4. The number of amides is 1. The quantitative estimate of drug-likeness (QED) is 0.786. The molecule has 2 heterocycles. The Morgan fingerprint density at radius 3 is 2.88 bits per heavy atom. The number of carboxylic acids is 1. The van der Waals surface area contributed by atoms with Crippen LogP contribution in [-0.4, -0.2) is 41.5 Å². The molecule has 0 radical (unpaired) electrons. The molecular weight excluding hydrogens is 212 g/mol. The third-order valence-electron chi connectivity index (χ3n) is 2.56. The molecule has 6 nitrogen and oxygen atoms in total. The minimum Gasteiger partial charge on any atom is -0.475 e. The molecule has 2 rings (SSSR count). The van der Waals surface area contributed by atoms with Crippen molar-refractivity contribution in [2.45, 2.75) is 12.5 Å². The monoisotopic (exact) mass is 224 g/mol. The Morgan fingerprint density at radius 2 is 2.38 bits per heavy atom. The van der Waals surface area contributed by atoms with Gasteiger partial charge in [0.25, 0.3) is 0 Å². The maximum atomic E-state index is 11.6. The highest BCUT2D eigenvalue weighted by Gasteiger charge is 2.29. The van der Waals surface area contributed by atoms with Crippen LogP contribution in [0, 0.1) is 0 Å². The lowest BCUT2D eigenvalue weighted by atomic mass is 10.2. The Morgan fingerprint density at radius 1 is 1.62 bits per heavy atom. The third kappa shape index (κ3) is 1.86. The van der Waals surface area contributed by atoms with E-state index in [1.807, 2.05) is 0 Å². The predicted octanol–water partition coefficient (Wildman–Crippen LogP) is 0.620. The average Bonchev–Trinajstić information content (AvgIpc) is 2.81. The van der Waals surface area contributed by atoms with Crippen LogP contribution in [0.15, 0.2) is 16.5 Å². The topological polar surface area (TPSA) is 82.8 Å². The first-order valence-electron chi connectivity index (χ1n) is 4.92. The molecule has 1 aromatic rings. The predicted molar refractivity (Wildman–Crippen MR) is 55.3 cm³/mol. The molecule has 0 saturated carbocycles. The summed E-state index contributed by atoms with van der Waals surface area (Å²) < 4.78 is 5.01. The molecule has 6 heteroatoms. The van der Waals surface area contributed by atoms with Crippen molar-refractivity contribution < 1.29 is 19.1 Å². The van der Waals surface area contributed by atoms with Crippen molar-refractivity contribution in [2.24, 2.45) is 0 Å². The molecule has 1 fully saturated rings. The van der Waals surface area contributed by atoms with E-state index in [1.165, 1.54) is 12.1 Å². The first-order valence-corrected chi connectivity index (χ1v) is 4.92. The van der Waals surface area contributed by atoms with E-state index in [1.54, 1.807) is 11.9 Å². The van der Waals surface area contributed by atoms with E-state index >= 15 is 0 Å². The van der Waals surface area contributed by atoms with Gasteiger partial charge in [-0.25, -0.2) is 4.79 Å². The summed E-state index contributed by atoms with van der Waals surface area (Å²) in [4.78, 5) is 23.8. The van der Waals surface area contributed by atoms with E-state index in [0.29, 0.717) is 18.8 Å². The largest absolute Gasteiger partial charge is 0.475 e. The Bertz CT molecular complexity index is 426. The Labute approximate surface area is 91.8 Å². The van der Waals surface area contributed by atoms with E-state index in [9.17, 15) is 9.59 Å². The number of hydrogen-bond acceptors (Lipinski definition) is 4. The van der Waals surface area contributed by atoms with Crippen molar-refractivity contribution in [1.82, 2.24) is 4.90 Å². The molecule has 1 aliphatic heterocycles. The van der Waals surface area contributed by atoms with Crippen molar-refractivity contribution in [2.75, 3.05) is 18.9 Å². The molecule has 1 unspecified atom stereocenters. The average molecular weight is 224 g/mol. The van der Waals surface area contributed by atoms with E-state index in [-0.39, 0.29) is 17.7 Å². The van der Waals surface area contributed by atoms with Crippen LogP contribution in [0.5, 0.6) is 0 Å². The zero-order valence-electron chi connectivity index (χ0n) is 8.77. The van der Waals surface area contributed by atoms with E-state index in [4.69, 9.17) is 9.52 Å². The summed E-state index contributed by atoms with van der Waals surface area (Å²) in [6.45, 7) is 0.697. The van der Waals surface area contributed by atoms with E-state index < -0.39 is 5.97 Å². The zero-order valence-corrected chi connectivity index (χ0v) is 8.77. The van der Waals surface area contributed by atoms with Gasteiger partial charge in [-0.3, -0.25) is 4.79 Å². The number of rotatable bonds is 3. The van der Waals surface area contributed by atoms with Gasteiger partial charge in [0.15, 0.2) is 5.88 Å². The normalized spacial score (nSPS) is 20.2. The SMILES string of the molecule is CN1CCC(Nc2ccc(C(=O)O)o2)C1=O. The number of likely N-dealkylation sites (N-methyl/N-ethyl adjacent to an activating group) is 1. The molecule has 86 valence electrons. The van der Waals surface area contributed by atoms with Gasteiger partial charge in [-0.2, -0.15) is 0 Å². The standard InChI is InChI=1S/C10H12N2O4/c1-12-5-4-6(9(12)13)11-8-3-2-7(16-8)10(14)15/h2-3,6,11H,4-5H2,1H3,(H,14,15). The second-order valence-electron chi connectivity index (χ2n) is 3.71. The highest BCUT2D eigenvalue weighted by molar-refractivity contribution is 5.87. The van der Waals surface area contributed by atoms with E-state index in [2.05, 4.69) is 5.32 Å². The second-order valence-corrected chi connectivity index (χ2v) is 3.71. The van der Waals surface area contributed by atoms with Crippen molar-refractivity contribution in [3.63, 3.8) is 0 Å². The maximum absolute atomic E-state index is 11.6. The lowest BCUT2D eigenvalue weighted by molar-refractivity contribution is -0.127. The molecule has 0 aromatic carbocycles. The summed E-state index contributed by atoms with van der Waals surface area (Å²) in [5, 5.41) is 11.5. The van der Waals surface area contributed by atoms with Crippen LogP contribution in [-0.2, 0) is 4.79 Å². The number of anilines is 1. The highest BCUT2D eigenvalue weighted by Crippen LogP contribution is 2.18. The lowest BCUT2D eigenvalue weighted by Gasteiger charge is -2.10. The van der Waals surface area contributed by atoms with Gasteiger partial charge >= 0.3 is 5.97 Å². The summed E-state index contributed by atoms with van der Waals surface area (Å²) in [7, 11) is 1.73. The maximum Gasteiger partial charge on any atom is 0.371 e. The van der Waals surface area contributed by atoms with E-state index in [0.717, 1.165) is 0 Å². The number of nitrogens with zero attached hydrogens (tertiary/aromatic N) is 1. The lowest BCUT2D eigenvalue weighted by Crippen LogP contribution is -2.30. The van der Waals surface area contributed by atoms with Crippen LogP contribution in [0.1, 0.15) is 17.0 Å². The molecule has 2 N–H and O–H groups in total. The van der Waals surface area contributed by atoms with Crippen molar-refractivity contribution in [1.29, 1.82) is 0 Å². The molecule has 1 aromatic heterocycles. The van der Waals surface area contributed by atoms with Gasteiger partial charge in [0, 0.05) is 19.7 Å². The van der Waals surface area contributed by atoms with Gasteiger partial charge in [-0.15, -0.1) is 0 Å². The molecule has 0 spiro atoms. The van der Waals surface area contributed by atoms with Crippen molar-refractivity contribution in [3.8, 4) is 0 Å². The van der Waals surface area contributed by atoms with Crippen molar-refractivity contribution in [3.05, 3.63) is 17.9 Å². The minimum absolute atomic E-state index is 0.00623. The van der Waals surface area contributed by atoms with Crippen molar-refractivity contribution >= 4 is 17.8 Å². The molecule has 0 aliphatic carbocycles. The number of hydrogen-bond donors (Lipinski definition) is 2. The Kier molecular flexibility index (Phi) is 2.55. The summed E-state index contributed by atoms with van der Waals surface area (Å²) in [6.07, 6.45) is 0.693. The van der Waals surface area contributed by atoms with Gasteiger partial charge in [0.1, 0.15) is 6.04 Å².